The lowest BCUT2D eigenvalue weighted by molar-refractivity contribution is 0.169. The van der Waals surface area contributed by atoms with Crippen molar-refractivity contribution >= 4 is 9.17 Å². The first-order valence-corrected chi connectivity index (χ1v) is 4.83. The van der Waals surface area contributed by atoms with E-state index in [2.05, 4.69) is 0 Å². The van der Waals surface area contributed by atoms with Crippen molar-refractivity contribution in [2.45, 2.75) is 26.7 Å². The molecular formula is C6H14O3Si. The third kappa shape index (κ3) is 5.75. The summed E-state index contributed by atoms with van der Waals surface area (Å²) in [5, 5.41) is 0. The van der Waals surface area contributed by atoms with Crippen LogP contribution in [0, 0.1) is 0 Å². The predicted octanol–water partition coefficient (Wildman–Crippen LogP) is 1.25. The summed E-state index contributed by atoms with van der Waals surface area (Å²) in [6, 6.07) is 0. The summed E-state index contributed by atoms with van der Waals surface area (Å²) in [7, 11) is -2.16. The SMILES string of the molecule is CCCO[Si](=O)OCCC. The summed E-state index contributed by atoms with van der Waals surface area (Å²) < 4.78 is 20.3. The first kappa shape index (κ1) is 9.62. The van der Waals surface area contributed by atoms with Crippen LogP contribution in [0.1, 0.15) is 26.7 Å². The topological polar surface area (TPSA) is 35.5 Å². The second kappa shape index (κ2) is 6.73. The van der Waals surface area contributed by atoms with Crippen molar-refractivity contribution in [3.8, 4) is 0 Å². The average Bonchev–Trinajstić information content (AvgIpc) is 1.97. The number of rotatable bonds is 6. The van der Waals surface area contributed by atoms with Gasteiger partial charge in [0, 0.05) is 0 Å². The van der Waals surface area contributed by atoms with E-state index in [9.17, 15) is 4.46 Å². The molecule has 0 saturated heterocycles. The quantitative estimate of drug-likeness (QED) is 0.551. The fourth-order valence-electron chi connectivity index (χ4n) is 0.412. The Labute approximate surface area is 63.2 Å². The first-order chi connectivity index (χ1) is 4.81. The normalized spacial score (nSPS) is 9.00. The highest BCUT2D eigenvalue weighted by molar-refractivity contribution is 6.26. The Hall–Kier alpha value is -0.383. The van der Waals surface area contributed by atoms with E-state index in [1.165, 1.54) is 0 Å². The zero-order valence-electron chi connectivity index (χ0n) is 6.55. The van der Waals surface area contributed by atoms with Crippen molar-refractivity contribution in [1.82, 2.24) is 0 Å². The summed E-state index contributed by atoms with van der Waals surface area (Å²) in [6.45, 7) is 4.99. The molecule has 0 bridgehead atoms. The van der Waals surface area contributed by atoms with Gasteiger partial charge in [0.2, 0.25) is 0 Å². The van der Waals surface area contributed by atoms with Crippen LogP contribution in [0.25, 0.3) is 0 Å². The molecule has 0 aromatic heterocycles. The monoisotopic (exact) mass is 162 g/mol. The summed E-state index contributed by atoms with van der Waals surface area (Å²) >= 11 is 0. The second-order valence-corrected chi connectivity index (χ2v) is 3.02. The highest BCUT2D eigenvalue weighted by atomic mass is 28.3. The van der Waals surface area contributed by atoms with E-state index in [4.69, 9.17) is 8.85 Å². The van der Waals surface area contributed by atoms with Gasteiger partial charge in [-0.2, -0.15) is 0 Å². The zero-order valence-corrected chi connectivity index (χ0v) is 7.55. The molecule has 10 heavy (non-hydrogen) atoms. The van der Waals surface area contributed by atoms with Gasteiger partial charge >= 0.3 is 9.17 Å². The highest BCUT2D eigenvalue weighted by Crippen LogP contribution is 1.84. The van der Waals surface area contributed by atoms with Crippen molar-refractivity contribution in [3.63, 3.8) is 0 Å². The van der Waals surface area contributed by atoms with Gasteiger partial charge < -0.3 is 8.85 Å². The maximum atomic E-state index is 10.7. The molecule has 0 atom stereocenters. The van der Waals surface area contributed by atoms with Crippen LogP contribution in [-0.2, 0) is 13.3 Å². The van der Waals surface area contributed by atoms with E-state index in [0.29, 0.717) is 13.2 Å². The molecule has 4 heteroatoms. The molecule has 0 N–H and O–H groups in total. The van der Waals surface area contributed by atoms with Gasteiger partial charge in [-0.1, -0.05) is 13.8 Å². The van der Waals surface area contributed by atoms with E-state index in [1.807, 2.05) is 13.8 Å². The Kier molecular flexibility index (Phi) is 6.47. The molecule has 0 aromatic rings. The maximum Gasteiger partial charge on any atom is 0.767 e. The number of hydrogen-bond donors (Lipinski definition) is 0. The summed E-state index contributed by atoms with van der Waals surface area (Å²) in [6.07, 6.45) is 1.76. The maximum absolute atomic E-state index is 10.7. The van der Waals surface area contributed by atoms with Crippen molar-refractivity contribution in [2.75, 3.05) is 13.2 Å². The summed E-state index contributed by atoms with van der Waals surface area (Å²) in [4.78, 5) is 0. The van der Waals surface area contributed by atoms with Gasteiger partial charge in [-0.15, -0.1) is 0 Å². The van der Waals surface area contributed by atoms with E-state index in [-0.39, 0.29) is 0 Å². The van der Waals surface area contributed by atoms with Gasteiger partial charge in [-0.25, -0.2) is 0 Å². The van der Waals surface area contributed by atoms with Crippen LogP contribution < -0.4 is 0 Å². The van der Waals surface area contributed by atoms with Crippen LogP contribution >= 0.6 is 0 Å². The molecule has 3 nitrogen and oxygen atoms in total. The fraction of sp³-hybridized carbons (Fsp3) is 1.00. The minimum absolute atomic E-state index is 0.529. The molecule has 60 valence electrons. The average molecular weight is 162 g/mol. The predicted molar refractivity (Wildman–Crippen MR) is 38.9 cm³/mol. The van der Waals surface area contributed by atoms with Gasteiger partial charge in [0.05, 0.1) is 13.2 Å². The molecule has 0 heterocycles. The van der Waals surface area contributed by atoms with E-state index in [1.54, 1.807) is 0 Å². The lowest BCUT2D eigenvalue weighted by Crippen LogP contribution is -2.13. The molecule has 0 saturated carbocycles. The lowest BCUT2D eigenvalue weighted by Gasteiger charge is -2.01. The van der Waals surface area contributed by atoms with Crippen molar-refractivity contribution < 1.29 is 13.3 Å². The van der Waals surface area contributed by atoms with Crippen molar-refractivity contribution in [3.05, 3.63) is 0 Å². The van der Waals surface area contributed by atoms with Crippen LogP contribution in [0.15, 0.2) is 0 Å². The Morgan fingerprint density at radius 3 is 1.80 bits per heavy atom. The van der Waals surface area contributed by atoms with Crippen molar-refractivity contribution in [2.24, 2.45) is 0 Å². The van der Waals surface area contributed by atoms with Crippen LogP contribution in [0.5, 0.6) is 0 Å². The van der Waals surface area contributed by atoms with E-state index >= 15 is 0 Å². The minimum atomic E-state index is -2.16. The lowest BCUT2D eigenvalue weighted by atomic mass is 10.5. The molecular weight excluding hydrogens is 148 g/mol. The molecule has 0 fully saturated rings. The molecule has 0 aromatic carbocycles. The van der Waals surface area contributed by atoms with Gasteiger partial charge in [-0.05, 0) is 12.8 Å². The molecule has 0 aliphatic rings. The largest absolute Gasteiger partial charge is 0.767 e. The molecule has 0 radical (unpaired) electrons. The van der Waals surface area contributed by atoms with Gasteiger partial charge in [0.25, 0.3) is 0 Å². The van der Waals surface area contributed by atoms with Gasteiger partial charge in [0.1, 0.15) is 0 Å². The van der Waals surface area contributed by atoms with Crippen LogP contribution in [-0.4, -0.2) is 22.4 Å². The summed E-state index contributed by atoms with van der Waals surface area (Å²) in [5.41, 5.74) is 0. The molecule has 0 unspecified atom stereocenters. The third-order valence-corrected chi connectivity index (χ3v) is 1.73. The Morgan fingerprint density at radius 1 is 1.10 bits per heavy atom. The molecule has 0 aliphatic heterocycles. The van der Waals surface area contributed by atoms with Crippen LogP contribution in [0.4, 0.5) is 0 Å². The fourth-order valence-corrected chi connectivity index (χ4v) is 1.24. The van der Waals surface area contributed by atoms with Crippen LogP contribution in [0.3, 0.4) is 0 Å². The Morgan fingerprint density at radius 2 is 1.50 bits per heavy atom. The smallest absolute Gasteiger partial charge is 0.496 e. The molecule has 0 aliphatic carbocycles. The molecule has 0 amide bonds. The van der Waals surface area contributed by atoms with Gasteiger partial charge in [0.15, 0.2) is 0 Å². The number of hydrogen-bond acceptors (Lipinski definition) is 3. The van der Waals surface area contributed by atoms with Crippen molar-refractivity contribution in [1.29, 1.82) is 0 Å². The zero-order chi connectivity index (χ0) is 7.82. The summed E-state index contributed by atoms with van der Waals surface area (Å²) in [5.74, 6) is 0. The molecule has 0 spiro atoms. The van der Waals surface area contributed by atoms with E-state index in [0.717, 1.165) is 12.8 Å². The molecule has 0 rings (SSSR count). The third-order valence-electron chi connectivity index (χ3n) is 0.848. The Bertz CT molecular complexity index is 85.0. The van der Waals surface area contributed by atoms with E-state index < -0.39 is 9.17 Å². The first-order valence-electron chi connectivity index (χ1n) is 3.60. The minimum Gasteiger partial charge on any atom is -0.496 e. The van der Waals surface area contributed by atoms with Gasteiger partial charge in [-0.3, -0.25) is 4.46 Å². The Balaban J connectivity index is 3.09. The second-order valence-electron chi connectivity index (χ2n) is 1.95. The standard InChI is InChI=1S/C6H14O3Si/c1-3-5-8-10(7)9-6-4-2/h3-6H2,1-2H3. The highest BCUT2D eigenvalue weighted by Gasteiger charge is 2.07. The van der Waals surface area contributed by atoms with Crippen LogP contribution in [0.2, 0.25) is 0 Å².